The van der Waals surface area contributed by atoms with Crippen LogP contribution >= 0.6 is 39.0 Å². The van der Waals surface area contributed by atoms with Crippen LogP contribution in [-0.4, -0.2) is 30.1 Å². The van der Waals surface area contributed by atoms with Gasteiger partial charge in [-0.25, -0.2) is 0 Å². The summed E-state index contributed by atoms with van der Waals surface area (Å²) in [6.07, 6.45) is 0. The number of nitrogens with one attached hydrogen (secondary N) is 1. The molecule has 2 aromatic rings. The molecule has 0 atom stereocenters. The summed E-state index contributed by atoms with van der Waals surface area (Å²) in [6, 6.07) is 5.67. The van der Waals surface area contributed by atoms with Crippen molar-refractivity contribution in [2.24, 2.45) is 5.73 Å². The third kappa shape index (κ3) is 3.46. The van der Waals surface area contributed by atoms with Gasteiger partial charge in [-0.15, -0.1) is 10.2 Å². The van der Waals surface area contributed by atoms with E-state index in [1.165, 1.54) is 23.1 Å². The summed E-state index contributed by atoms with van der Waals surface area (Å²) >= 11 is 6.49. The van der Waals surface area contributed by atoms with Crippen LogP contribution in [0.2, 0.25) is 0 Å². The van der Waals surface area contributed by atoms with Crippen molar-refractivity contribution < 1.29 is 0 Å². The van der Waals surface area contributed by atoms with Crippen LogP contribution in [0.5, 0.6) is 0 Å². The number of benzene rings is 1. The molecule has 1 aromatic heterocycles. The molecule has 0 radical (unpaired) electrons. The second-order valence-corrected chi connectivity index (χ2v) is 7.03. The molecule has 0 bridgehead atoms. The Morgan fingerprint density at radius 1 is 1.42 bits per heavy atom. The van der Waals surface area contributed by atoms with Crippen LogP contribution in [-0.2, 0) is 0 Å². The zero-order valence-electron chi connectivity index (χ0n) is 10.3. The van der Waals surface area contributed by atoms with Crippen LogP contribution < -0.4 is 10.6 Å². The highest BCUT2D eigenvalue weighted by atomic mass is 79.9. The minimum absolute atomic E-state index is 0.0502. The van der Waals surface area contributed by atoms with Gasteiger partial charge in [0.05, 0.1) is 0 Å². The van der Waals surface area contributed by atoms with E-state index in [4.69, 9.17) is 11.1 Å². The van der Waals surface area contributed by atoms with E-state index in [1.807, 2.05) is 37.2 Å². The van der Waals surface area contributed by atoms with Crippen molar-refractivity contribution in [3.05, 3.63) is 28.2 Å². The number of hydrogen-bond donors (Lipinski definition) is 2. The first kappa shape index (κ1) is 14.3. The Hall–Kier alpha value is -1.12. The molecule has 8 heteroatoms. The SMILES string of the molecule is CN(C)c1nnc(Sc2ccc(C(=N)N)c(Br)c2)s1. The second-order valence-electron chi connectivity index (χ2n) is 3.90. The second kappa shape index (κ2) is 5.89. The molecule has 0 amide bonds. The maximum atomic E-state index is 7.43. The molecule has 100 valence electrons. The minimum Gasteiger partial charge on any atom is -0.384 e. The standard InChI is InChI=1S/C11H12BrN5S2/c1-17(2)10-15-16-11(19-10)18-6-3-4-7(9(13)14)8(12)5-6/h3-5H,1-2H3,(H3,13,14). The monoisotopic (exact) mass is 357 g/mol. The molecule has 0 spiro atoms. The summed E-state index contributed by atoms with van der Waals surface area (Å²) in [4.78, 5) is 2.95. The predicted molar refractivity (Wildman–Crippen MR) is 83.5 cm³/mol. The summed E-state index contributed by atoms with van der Waals surface area (Å²) < 4.78 is 1.69. The van der Waals surface area contributed by atoms with Crippen LogP contribution in [0.4, 0.5) is 5.13 Å². The Morgan fingerprint density at radius 3 is 2.68 bits per heavy atom. The van der Waals surface area contributed by atoms with Crippen molar-refractivity contribution in [3.8, 4) is 0 Å². The average molecular weight is 358 g/mol. The minimum atomic E-state index is 0.0502. The number of amidine groups is 1. The lowest BCUT2D eigenvalue weighted by Gasteiger charge is -2.05. The Labute approximate surface area is 127 Å². The third-order valence-electron chi connectivity index (χ3n) is 2.21. The lowest BCUT2D eigenvalue weighted by Crippen LogP contribution is -2.11. The molecular formula is C11H12BrN5S2. The van der Waals surface area contributed by atoms with Crippen LogP contribution in [0.25, 0.3) is 0 Å². The molecule has 1 heterocycles. The number of rotatable bonds is 4. The van der Waals surface area contributed by atoms with Gasteiger partial charge >= 0.3 is 0 Å². The van der Waals surface area contributed by atoms with E-state index in [2.05, 4.69) is 26.1 Å². The number of nitrogens with zero attached hydrogens (tertiary/aromatic N) is 3. The van der Waals surface area contributed by atoms with Gasteiger partial charge in [-0.05, 0) is 34.1 Å². The molecule has 5 nitrogen and oxygen atoms in total. The van der Waals surface area contributed by atoms with E-state index in [9.17, 15) is 0 Å². The van der Waals surface area contributed by atoms with E-state index < -0.39 is 0 Å². The van der Waals surface area contributed by atoms with Crippen molar-refractivity contribution >= 4 is 50.0 Å². The summed E-state index contributed by atoms with van der Waals surface area (Å²) in [7, 11) is 3.88. The van der Waals surface area contributed by atoms with Gasteiger partial charge in [-0.1, -0.05) is 23.1 Å². The topological polar surface area (TPSA) is 78.9 Å². The van der Waals surface area contributed by atoms with Gasteiger partial charge in [-0.3, -0.25) is 5.41 Å². The number of anilines is 1. The van der Waals surface area contributed by atoms with Crippen molar-refractivity contribution in [3.63, 3.8) is 0 Å². The van der Waals surface area contributed by atoms with Crippen molar-refractivity contribution in [1.82, 2.24) is 10.2 Å². The molecule has 2 rings (SSSR count). The van der Waals surface area contributed by atoms with E-state index in [-0.39, 0.29) is 5.84 Å². The van der Waals surface area contributed by atoms with Gasteiger partial charge in [0.2, 0.25) is 5.13 Å². The normalized spacial score (nSPS) is 10.5. The summed E-state index contributed by atoms with van der Waals surface area (Å²) in [5, 5.41) is 16.5. The first-order valence-corrected chi connectivity index (χ1v) is 7.72. The highest BCUT2D eigenvalue weighted by Crippen LogP contribution is 2.34. The molecule has 1 aromatic carbocycles. The van der Waals surface area contributed by atoms with Gasteiger partial charge in [0.15, 0.2) is 4.34 Å². The molecular weight excluding hydrogens is 346 g/mol. The first-order valence-electron chi connectivity index (χ1n) is 5.30. The quantitative estimate of drug-likeness (QED) is 0.649. The lowest BCUT2D eigenvalue weighted by molar-refractivity contribution is 0.972. The molecule has 0 aliphatic heterocycles. The number of hydrogen-bond acceptors (Lipinski definition) is 6. The smallest absolute Gasteiger partial charge is 0.208 e. The van der Waals surface area contributed by atoms with E-state index in [1.54, 1.807) is 0 Å². The van der Waals surface area contributed by atoms with Gasteiger partial charge in [0.1, 0.15) is 5.84 Å². The molecule has 0 aliphatic rings. The van der Waals surface area contributed by atoms with Crippen LogP contribution in [0.1, 0.15) is 5.56 Å². The van der Waals surface area contributed by atoms with Crippen LogP contribution in [0.15, 0.2) is 31.9 Å². The Bertz CT molecular complexity index is 611. The molecule has 0 aliphatic carbocycles. The zero-order valence-corrected chi connectivity index (χ0v) is 13.6. The fourth-order valence-electron chi connectivity index (χ4n) is 1.30. The largest absolute Gasteiger partial charge is 0.384 e. The fourth-order valence-corrected chi connectivity index (χ4v) is 3.82. The van der Waals surface area contributed by atoms with Gasteiger partial charge < -0.3 is 10.6 Å². The number of nitrogen functional groups attached to an aromatic ring is 1. The number of aromatic nitrogens is 2. The van der Waals surface area contributed by atoms with Crippen molar-refractivity contribution in [2.75, 3.05) is 19.0 Å². The molecule has 3 N–H and O–H groups in total. The van der Waals surface area contributed by atoms with E-state index in [0.717, 1.165) is 18.8 Å². The van der Waals surface area contributed by atoms with Gasteiger partial charge in [-0.2, -0.15) is 0 Å². The molecule has 0 saturated carbocycles. The summed E-state index contributed by atoms with van der Waals surface area (Å²) in [6.45, 7) is 0. The molecule has 19 heavy (non-hydrogen) atoms. The Morgan fingerprint density at radius 2 is 2.16 bits per heavy atom. The highest BCUT2D eigenvalue weighted by Gasteiger charge is 2.09. The summed E-state index contributed by atoms with van der Waals surface area (Å²) in [5.41, 5.74) is 6.16. The van der Waals surface area contributed by atoms with Crippen LogP contribution in [0.3, 0.4) is 0 Å². The molecule has 0 unspecified atom stereocenters. The number of halogens is 1. The predicted octanol–water partition coefficient (Wildman–Crippen LogP) is 2.80. The maximum absolute atomic E-state index is 7.43. The Kier molecular flexibility index (Phi) is 4.43. The average Bonchev–Trinajstić information content (AvgIpc) is 2.77. The first-order chi connectivity index (χ1) is 8.97. The van der Waals surface area contributed by atoms with Crippen LogP contribution in [0, 0.1) is 5.41 Å². The third-order valence-corrected chi connectivity index (χ3v) is 5.00. The Balaban J connectivity index is 2.19. The van der Waals surface area contributed by atoms with Gasteiger partial charge in [0.25, 0.3) is 0 Å². The van der Waals surface area contributed by atoms with E-state index >= 15 is 0 Å². The molecule has 0 fully saturated rings. The van der Waals surface area contributed by atoms with Crippen molar-refractivity contribution in [1.29, 1.82) is 5.41 Å². The fraction of sp³-hybridized carbons (Fsp3) is 0.182. The molecule has 0 saturated heterocycles. The lowest BCUT2D eigenvalue weighted by atomic mass is 10.2. The number of nitrogens with two attached hydrogens (primary N) is 1. The van der Waals surface area contributed by atoms with Gasteiger partial charge in [0, 0.05) is 29.0 Å². The summed E-state index contributed by atoms with van der Waals surface area (Å²) in [5.74, 6) is 0.0502. The van der Waals surface area contributed by atoms with Crippen molar-refractivity contribution in [2.45, 2.75) is 9.24 Å². The zero-order chi connectivity index (χ0) is 14.0. The highest BCUT2D eigenvalue weighted by molar-refractivity contribution is 9.10. The maximum Gasteiger partial charge on any atom is 0.208 e. The van der Waals surface area contributed by atoms with E-state index in [0.29, 0.717) is 5.56 Å².